The Morgan fingerprint density at radius 1 is 1.36 bits per heavy atom. The minimum Gasteiger partial charge on any atom is -0.388 e. The van der Waals surface area contributed by atoms with E-state index in [2.05, 4.69) is 15.2 Å². The summed E-state index contributed by atoms with van der Waals surface area (Å²) >= 11 is 7.54. The van der Waals surface area contributed by atoms with Crippen LogP contribution in [0.1, 0.15) is 38.5 Å². The molecular formula is C15H27ClIN3OS. The lowest BCUT2D eigenvalue weighted by molar-refractivity contribution is 0.0416. The van der Waals surface area contributed by atoms with Crippen molar-refractivity contribution in [2.75, 3.05) is 20.1 Å². The zero-order valence-electron chi connectivity index (χ0n) is 13.7. The predicted molar refractivity (Wildman–Crippen MR) is 108 cm³/mol. The van der Waals surface area contributed by atoms with Gasteiger partial charge in [-0.15, -0.1) is 35.3 Å². The maximum absolute atomic E-state index is 10.4. The van der Waals surface area contributed by atoms with E-state index in [0.717, 1.165) is 23.4 Å². The van der Waals surface area contributed by atoms with Gasteiger partial charge in [0.05, 0.1) is 23.0 Å². The van der Waals surface area contributed by atoms with Crippen LogP contribution in [0.5, 0.6) is 0 Å². The highest BCUT2D eigenvalue weighted by molar-refractivity contribution is 14.0. The van der Waals surface area contributed by atoms with Gasteiger partial charge in [-0.05, 0) is 31.9 Å². The molecule has 0 aliphatic rings. The molecule has 0 spiro atoms. The smallest absolute Gasteiger partial charge is 0.194 e. The molecule has 0 atom stereocenters. The molecule has 0 aliphatic heterocycles. The highest BCUT2D eigenvalue weighted by Crippen LogP contribution is 2.22. The summed E-state index contributed by atoms with van der Waals surface area (Å²) in [5.74, 6) is 0.808. The molecule has 0 aliphatic carbocycles. The largest absolute Gasteiger partial charge is 0.388 e. The van der Waals surface area contributed by atoms with Gasteiger partial charge in [-0.3, -0.25) is 4.99 Å². The maximum Gasteiger partial charge on any atom is 0.194 e. The zero-order chi connectivity index (χ0) is 15.9. The van der Waals surface area contributed by atoms with Crippen LogP contribution in [0.15, 0.2) is 17.1 Å². The summed E-state index contributed by atoms with van der Waals surface area (Å²) in [4.78, 5) is 7.83. The quantitative estimate of drug-likeness (QED) is 0.368. The molecule has 0 fully saturated rings. The zero-order valence-corrected chi connectivity index (χ0v) is 17.6. The van der Waals surface area contributed by atoms with Gasteiger partial charge >= 0.3 is 0 Å². The minimum atomic E-state index is -0.715. The summed E-state index contributed by atoms with van der Waals surface area (Å²) in [6.07, 6.45) is 1.41. The first-order valence-electron chi connectivity index (χ1n) is 7.40. The number of guanidine groups is 1. The second-order valence-electron chi connectivity index (χ2n) is 5.16. The van der Waals surface area contributed by atoms with Crippen molar-refractivity contribution >= 4 is 52.9 Å². The molecule has 1 aromatic rings. The molecular weight excluding hydrogens is 433 g/mol. The number of aliphatic imine (C=N–C) groups is 1. The van der Waals surface area contributed by atoms with Crippen LogP contribution in [-0.2, 0) is 6.54 Å². The Labute approximate surface area is 160 Å². The van der Waals surface area contributed by atoms with Gasteiger partial charge in [-0.1, -0.05) is 25.4 Å². The van der Waals surface area contributed by atoms with Gasteiger partial charge in [0.2, 0.25) is 0 Å². The molecule has 0 unspecified atom stereocenters. The minimum absolute atomic E-state index is 0. The third-order valence-corrected chi connectivity index (χ3v) is 4.77. The van der Waals surface area contributed by atoms with Gasteiger partial charge < -0.3 is 15.3 Å². The molecule has 0 radical (unpaired) electrons. The standard InChI is InChI=1S/C15H26ClN3OS.HI/c1-5-15(20,6-2)11-18-14(17-7-3)19(4)10-12-8-9-13(16)21-12;/h8-9,20H,5-7,10-11H2,1-4H3,(H,17,18);1H. The maximum atomic E-state index is 10.4. The molecule has 128 valence electrons. The van der Waals surface area contributed by atoms with Crippen molar-refractivity contribution in [1.29, 1.82) is 0 Å². The number of nitrogens with one attached hydrogen (secondary N) is 1. The van der Waals surface area contributed by atoms with Crippen LogP contribution in [0, 0.1) is 0 Å². The van der Waals surface area contributed by atoms with Gasteiger partial charge in [-0.25, -0.2) is 0 Å². The third-order valence-electron chi connectivity index (χ3n) is 3.56. The van der Waals surface area contributed by atoms with Gasteiger partial charge in [0.15, 0.2) is 5.96 Å². The number of halogens is 2. The highest BCUT2D eigenvalue weighted by Gasteiger charge is 2.22. The van der Waals surface area contributed by atoms with Crippen molar-refractivity contribution in [3.8, 4) is 0 Å². The van der Waals surface area contributed by atoms with Crippen molar-refractivity contribution in [1.82, 2.24) is 10.2 Å². The van der Waals surface area contributed by atoms with Crippen molar-refractivity contribution in [2.24, 2.45) is 4.99 Å². The van der Waals surface area contributed by atoms with E-state index >= 15 is 0 Å². The Morgan fingerprint density at radius 3 is 2.45 bits per heavy atom. The number of thiophene rings is 1. The Balaban J connectivity index is 0.00000441. The molecule has 1 heterocycles. The van der Waals surface area contributed by atoms with E-state index in [1.54, 1.807) is 11.3 Å². The molecule has 2 N–H and O–H groups in total. The van der Waals surface area contributed by atoms with E-state index < -0.39 is 5.60 Å². The summed E-state index contributed by atoms with van der Waals surface area (Å²) < 4.78 is 0.798. The van der Waals surface area contributed by atoms with E-state index in [1.165, 1.54) is 4.88 Å². The average molecular weight is 460 g/mol. The first-order valence-corrected chi connectivity index (χ1v) is 8.59. The number of hydrogen-bond acceptors (Lipinski definition) is 3. The van der Waals surface area contributed by atoms with Crippen molar-refractivity contribution < 1.29 is 5.11 Å². The van der Waals surface area contributed by atoms with Crippen LogP contribution in [0.3, 0.4) is 0 Å². The Hall–Kier alpha value is -0.0500. The molecule has 22 heavy (non-hydrogen) atoms. The van der Waals surface area contributed by atoms with Crippen LogP contribution in [0.2, 0.25) is 4.34 Å². The normalized spacial score (nSPS) is 12.0. The van der Waals surface area contributed by atoms with Crippen molar-refractivity contribution in [3.63, 3.8) is 0 Å². The number of aliphatic hydroxyl groups is 1. The van der Waals surface area contributed by atoms with Gasteiger partial charge in [0.25, 0.3) is 0 Å². The summed E-state index contributed by atoms with van der Waals surface area (Å²) in [6, 6.07) is 3.94. The van der Waals surface area contributed by atoms with Crippen molar-refractivity contribution in [3.05, 3.63) is 21.3 Å². The second kappa shape index (κ2) is 10.7. The lowest BCUT2D eigenvalue weighted by Crippen LogP contribution is -2.40. The highest BCUT2D eigenvalue weighted by atomic mass is 127. The molecule has 0 bridgehead atoms. The summed E-state index contributed by atoms with van der Waals surface area (Å²) in [5, 5.41) is 13.6. The molecule has 1 rings (SSSR count). The fraction of sp³-hybridized carbons (Fsp3) is 0.667. The molecule has 4 nitrogen and oxygen atoms in total. The van der Waals surface area contributed by atoms with E-state index in [4.69, 9.17) is 11.6 Å². The topological polar surface area (TPSA) is 47.9 Å². The first-order chi connectivity index (χ1) is 9.94. The molecule has 0 saturated heterocycles. The number of rotatable bonds is 7. The van der Waals surface area contributed by atoms with Crippen LogP contribution >= 0.6 is 46.9 Å². The van der Waals surface area contributed by atoms with Crippen LogP contribution in [0.4, 0.5) is 0 Å². The van der Waals surface area contributed by atoms with Crippen LogP contribution < -0.4 is 5.32 Å². The lowest BCUT2D eigenvalue weighted by Gasteiger charge is -2.26. The van der Waals surface area contributed by atoms with Gasteiger partial charge in [0.1, 0.15) is 0 Å². The molecule has 0 aromatic carbocycles. The summed E-state index contributed by atoms with van der Waals surface area (Å²) in [7, 11) is 1.99. The molecule has 1 aromatic heterocycles. The summed E-state index contributed by atoms with van der Waals surface area (Å²) in [5.41, 5.74) is -0.715. The Bertz CT molecular complexity index is 463. The fourth-order valence-corrected chi connectivity index (χ4v) is 3.05. The monoisotopic (exact) mass is 459 g/mol. The lowest BCUT2D eigenvalue weighted by atomic mass is 9.98. The Morgan fingerprint density at radius 2 is 2.00 bits per heavy atom. The molecule has 7 heteroatoms. The first kappa shape index (κ1) is 21.9. The Kier molecular flexibility index (Phi) is 10.6. The van der Waals surface area contributed by atoms with E-state index in [-0.39, 0.29) is 24.0 Å². The number of nitrogens with zero attached hydrogens (tertiary/aromatic N) is 2. The molecule has 0 amide bonds. The van der Waals surface area contributed by atoms with E-state index in [1.807, 2.05) is 40.0 Å². The number of hydrogen-bond donors (Lipinski definition) is 2. The summed E-state index contributed by atoms with van der Waals surface area (Å²) in [6.45, 7) is 7.98. The van der Waals surface area contributed by atoms with Gasteiger partial charge in [-0.2, -0.15) is 0 Å². The van der Waals surface area contributed by atoms with Crippen LogP contribution in [0.25, 0.3) is 0 Å². The SMILES string of the molecule is CCNC(=NCC(O)(CC)CC)N(C)Cc1ccc(Cl)s1.I. The van der Waals surface area contributed by atoms with Gasteiger partial charge in [0, 0.05) is 18.5 Å². The average Bonchev–Trinajstić information content (AvgIpc) is 2.88. The van der Waals surface area contributed by atoms with E-state index in [0.29, 0.717) is 19.4 Å². The fourth-order valence-electron chi connectivity index (χ4n) is 1.91. The molecule has 0 saturated carbocycles. The van der Waals surface area contributed by atoms with Crippen molar-refractivity contribution in [2.45, 2.75) is 45.8 Å². The van der Waals surface area contributed by atoms with Crippen LogP contribution in [-0.4, -0.2) is 41.7 Å². The van der Waals surface area contributed by atoms with E-state index in [9.17, 15) is 5.11 Å². The third kappa shape index (κ3) is 7.02. The second-order valence-corrected chi connectivity index (χ2v) is 6.96. The predicted octanol–water partition coefficient (Wildman–Crippen LogP) is 3.97.